The van der Waals surface area contributed by atoms with Gasteiger partial charge in [-0.2, -0.15) is 13.2 Å². The molecule has 0 radical (unpaired) electrons. The highest BCUT2D eigenvalue weighted by molar-refractivity contribution is 6.76. The Bertz CT molecular complexity index is 1830. The molecule has 5 rings (SSSR count). The summed E-state index contributed by atoms with van der Waals surface area (Å²) in [5.41, 5.74) is -0.414. The molecule has 1 aliphatic rings. The van der Waals surface area contributed by atoms with Crippen molar-refractivity contribution >= 4 is 42.3 Å². The van der Waals surface area contributed by atoms with Gasteiger partial charge in [-0.05, 0) is 85.0 Å². The van der Waals surface area contributed by atoms with Gasteiger partial charge in [0.05, 0.1) is 30.0 Å². The molecular weight excluding hydrogens is 651 g/mol. The zero-order valence-corrected chi connectivity index (χ0v) is 28.0. The first-order valence-electron chi connectivity index (χ1n) is 15.3. The molecule has 13 heteroatoms. The van der Waals surface area contributed by atoms with Crippen LogP contribution >= 0.6 is 11.6 Å². The molecular formula is C34H35ClF3N3O5Si. The molecule has 8 nitrogen and oxygen atoms in total. The Morgan fingerprint density at radius 1 is 1.02 bits per heavy atom. The number of hydrogen-bond donors (Lipinski definition) is 0. The molecule has 1 aliphatic carbocycles. The van der Waals surface area contributed by atoms with E-state index in [-0.39, 0.29) is 36.4 Å². The summed E-state index contributed by atoms with van der Waals surface area (Å²) in [6.45, 7) is 6.87. The Labute approximate surface area is 275 Å². The van der Waals surface area contributed by atoms with E-state index in [9.17, 15) is 27.6 Å². The van der Waals surface area contributed by atoms with Crippen LogP contribution in [0.15, 0.2) is 71.5 Å². The van der Waals surface area contributed by atoms with Crippen molar-refractivity contribution in [3.8, 4) is 5.75 Å². The number of ether oxygens (including phenoxy) is 2. The summed E-state index contributed by atoms with van der Waals surface area (Å²) in [7, 11) is -1.53. The predicted molar refractivity (Wildman–Crippen MR) is 174 cm³/mol. The van der Waals surface area contributed by atoms with Crippen LogP contribution in [0.3, 0.4) is 0 Å². The second-order valence-electron chi connectivity index (χ2n) is 13.1. The third kappa shape index (κ3) is 8.47. The Balaban J connectivity index is 1.36. The summed E-state index contributed by atoms with van der Waals surface area (Å²) in [5, 5.41) is 8.27. The Morgan fingerprint density at radius 3 is 2.45 bits per heavy atom. The van der Waals surface area contributed by atoms with Crippen LogP contribution in [0.2, 0.25) is 30.7 Å². The van der Waals surface area contributed by atoms with Gasteiger partial charge < -0.3 is 9.47 Å². The van der Waals surface area contributed by atoms with Gasteiger partial charge in [0, 0.05) is 24.6 Å². The number of aromatic nitrogens is 3. The van der Waals surface area contributed by atoms with Crippen LogP contribution in [0.4, 0.5) is 13.2 Å². The minimum atomic E-state index is -4.64. The van der Waals surface area contributed by atoms with Crippen molar-refractivity contribution in [2.24, 2.45) is 17.8 Å². The lowest BCUT2D eigenvalue weighted by molar-refractivity contribution is -0.150. The number of rotatable bonds is 11. The van der Waals surface area contributed by atoms with Crippen LogP contribution in [0.1, 0.15) is 34.3 Å². The van der Waals surface area contributed by atoms with Gasteiger partial charge in [-0.3, -0.25) is 14.4 Å². The maximum atomic E-state index is 13.8. The van der Waals surface area contributed by atoms with E-state index in [1.54, 1.807) is 36.4 Å². The molecule has 3 aromatic carbocycles. The number of hydrogen-bond acceptors (Lipinski definition) is 7. The largest absolute Gasteiger partial charge is 0.489 e. The number of ketones is 1. The molecule has 1 heterocycles. The molecule has 0 aliphatic heterocycles. The molecule has 0 amide bonds. The number of carbonyl (C=O) groups excluding carboxylic acids is 2. The molecule has 4 aromatic rings. The van der Waals surface area contributed by atoms with Gasteiger partial charge in [-0.15, -0.1) is 5.10 Å². The Kier molecular flexibility index (Phi) is 10.2. The molecule has 1 saturated carbocycles. The topological polar surface area (TPSA) is 100 Å². The molecule has 0 saturated heterocycles. The summed E-state index contributed by atoms with van der Waals surface area (Å²) >= 11 is 6.05. The highest BCUT2D eigenvalue weighted by Crippen LogP contribution is 2.41. The number of alkyl halides is 3. The highest BCUT2D eigenvalue weighted by atomic mass is 35.5. The van der Waals surface area contributed by atoms with Gasteiger partial charge in [0.1, 0.15) is 17.9 Å². The van der Waals surface area contributed by atoms with Crippen molar-refractivity contribution in [3.05, 3.63) is 98.8 Å². The van der Waals surface area contributed by atoms with Gasteiger partial charge in [0.15, 0.2) is 5.78 Å². The second kappa shape index (κ2) is 14.0. The van der Waals surface area contributed by atoms with E-state index >= 15 is 0 Å². The van der Waals surface area contributed by atoms with Gasteiger partial charge in [0.25, 0.3) is 5.56 Å². The van der Waals surface area contributed by atoms with Gasteiger partial charge >= 0.3 is 12.1 Å². The average molecular weight is 686 g/mol. The van der Waals surface area contributed by atoms with Crippen LogP contribution in [0, 0.1) is 17.8 Å². The summed E-state index contributed by atoms with van der Waals surface area (Å²) in [4.78, 5) is 40.7. The molecule has 1 fully saturated rings. The van der Waals surface area contributed by atoms with Crippen molar-refractivity contribution in [2.75, 3.05) is 6.61 Å². The quantitative estimate of drug-likeness (QED) is 0.0919. The lowest BCUT2D eigenvalue weighted by atomic mass is 9.84. The summed E-state index contributed by atoms with van der Waals surface area (Å²) in [6, 6.07) is 17.4. The maximum Gasteiger partial charge on any atom is 0.416 e. The van der Waals surface area contributed by atoms with Crippen LogP contribution in [-0.2, 0) is 28.9 Å². The van der Waals surface area contributed by atoms with Crippen LogP contribution in [0.5, 0.6) is 5.75 Å². The maximum absolute atomic E-state index is 13.8. The molecule has 0 unspecified atom stereocenters. The monoisotopic (exact) mass is 685 g/mol. The van der Waals surface area contributed by atoms with Crippen molar-refractivity contribution in [2.45, 2.75) is 57.9 Å². The van der Waals surface area contributed by atoms with E-state index in [1.165, 1.54) is 0 Å². The van der Waals surface area contributed by atoms with Crippen LogP contribution < -0.4 is 10.3 Å². The number of carbonyl (C=O) groups is 2. The van der Waals surface area contributed by atoms with Crippen LogP contribution in [-0.4, -0.2) is 41.4 Å². The normalized spacial score (nSPS) is 18.3. The molecule has 248 valence electrons. The fourth-order valence-corrected chi connectivity index (χ4v) is 6.74. The first-order valence-corrected chi connectivity index (χ1v) is 19.4. The van der Waals surface area contributed by atoms with Crippen LogP contribution in [0.25, 0.3) is 10.9 Å². The minimum Gasteiger partial charge on any atom is -0.489 e. The van der Waals surface area contributed by atoms with E-state index in [1.807, 2.05) is 12.1 Å². The molecule has 0 spiro atoms. The van der Waals surface area contributed by atoms with Gasteiger partial charge in [-0.1, -0.05) is 48.6 Å². The minimum absolute atomic E-state index is 0.0287. The first-order chi connectivity index (χ1) is 22.2. The predicted octanol–water partition coefficient (Wildman–Crippen LogP) is 7.45. The van der Waals surface area contributed by atoms with E-state index in [0.717, 1.165) is 34.5 Å². The number of fused-ring (bicyclic) bond motifs is 1. The highest BCUT2D eigenvalue weighted by Gasteiger charge is 2.46. The first kappa shape index (κ1) is 34.3. The summed E-state index contributed by atoms with van der Waals surface area (Å²) < 4.78 is 52.6. The lowest BCUT2D eigenvalue weighted by Gasteiger charge is -2.24. The third-order valence-electron chi connectivity index (χ3n) is 8.39. The molecule has 0 N–H and O–H groups in total. The number of esters is 1. The van der Waals surface area contributed by atoms with E-state index in [4.69, 9.17) is 21.1 Å². The van der Waals surface area contributed by atoms with E-state index < -0.39 is 49.1 Å². The number of Topliss-reactive ketones (excluding diaryl/α,β-unsaturated/α-hetero) is 1. The third-order valence-corrected chi connectivity index (χ3v) is 10.3. The standard InChI is InChI=1S/C34H35ClF3N3O5Si/c1-47(2,3)16-15-45-33(44)30-23(19-41-32(43)28-18-24(34(36,37)38)10-14-29(28)39-40-41)9-13-27(30)31(42)22-7-11-26(12-8-22)46-20-21-5-4-6-25(35)17-21/h4-8,10-12,14,17-18,23,27,30H,9,13,15-16,19-20H2,1-3H3/t23-,27-,30-/m0/s1. The lowest BCUT2D eigenvalue weighted by Crippen LogP contribution is -2.36. The average Bonchev–Trinajstić information content (AvgIpc) is 3.43. The molecule has 47 heavy (non-hydrogen) atoms. The number of nitrogens with zero attached hydrogens (tertiary/aromatic N) is 3. The molecule has 1 aromatic heterocycles. The second-order valence-corrected chi connectivity index (χ2v) is 19.1. The number of halogens is 4. The molecule has 0 bridgehead atoms. The SMILES string of the molecule is C[Si](C)(C)CCOC(=O)[C@H]1[C@H](Cn2nnc3ccc(C(F)(F)F)cc3c2=O)CC[C@@H]1C(=O)c1ccc(OCc2cccc(Cl)c2)cc1. The zero-order valence-electron chi connectivity index (χ0n) is 26.2. The van der Waals surface area contributed by atoms with Crippen molar-refractivity contribution in [1.82, 2.24) is 15.0 Å². The fourth-order valence-electron chi connectivity index (χ4n) is 5.81. The van der Waals surface area contributed by atoms with Gasteiger partial charge in [-0.25, -0.2) is 4.68 Å². The fraction of sp³-hybridized carbons (Fsp3) is 0.382. The summed E-state index contributed by atoms with van der Waals surface area (Å²) in [6.07, 6.45) is -3.88. The van der Waals surface area contributed by atoms with E-state index in [2.05, 4.69) is 30.0 Å². The Hall–Kier alpha value is -4.03. The Morgan fingerprint density at radius 2 is 1.77 bits per heavy atom. The van der Waals surface area contributed by atoms with Crippen molar-refractivity contribution < 1.29 is 32.2 Å². The summed E-state index contributed by atoms with van der Waals surface area (Å²) in [5.74, 6) is -2.36. The number of benzene rings is 3. The van der Waals surface area contributed by atoms with Gasteiger partial charge in [0.2, 0.25) is 0 Å². The molecule has 3 atom stereocenters. The smallest absolute Gasteiger partial charge is 0.416 e. The van der Waals surface area contributed by atoms with E-state index in [0.29, 0.717) is 29.2 Å². The zero-order chi connectivity index (χ0) is 33.9. The van der Waals surface area contributed by atoms with Crippen molar-refractivity contribution in [1.29, 1.82) is 0 Å². The van der Waals surface area contributed by atoms with Crippen molar-refractivity contribution in [3.63, 3.8) is 0 Å².